The number of likely N-dealkylation sites (N-methyl/N-ethyl adjacent to an activating group) is 1. The van der Waals surface area contributed by atoms with Crippen LogP contribution in [-0.2, 0) is 0 Å². The minimum atomic E-state index is -0.579. The van der Waals surface area contributed by atoms with Crippen LogP contribution in [0.2, 0.25) is 5.02 Å². The molecular formula is C14H15ClF2N4. The van der Waals surface area contributed by atoms with Gasteiger partial charge in [-0.3, -0.25) is 0 Å². The summed E-state index contributed by atoms with van der Waals surface area (Å²) in [5, 5.41) is 3.34. The Morgan fingerprint density at radius 1 is 1.29 bits per heavy atom. The monoisotopic (exact) mass is 312 g/mol. The van der Waals surface area contributed by atoms with Crippen LogP contribution in [0, 0.1) is 11.6 Å². The molecular weight excluding hydrogens is 298 g/mol. The Kier molecular flexibility index (Phi) is 5.03. The Balaban J connectivity index is 2.23. The third-order valence-corrected chi connectivity index (χ3v) is 3.36. The predicted molar refractivity (Wildman–Crippen MR) is 78.3 cm³/mol. The van der Waals surface area contributed by atoms with Crippen molar-refractivity contribution >= 4 is 17.4 Å². The van der Waals surface area contributed by atoms with Gasteiger partial charge in [-0.05, 0) is 26.2 Å². The highest BCUT2D eigenvalue weighted by atomic mass is 35.5. The van der Waals surface area contributed by atoms with Gasteiger partial charge in [0.1, 0.15) is 28.8 Å². The van der Waals surface area contributed by atoms with Crippen molar-refractivity contribution in [1.82, 2.24) is 14.9 Å². The van der Waals surface area contributed by atoms with E-state index in [9.17, 15) is 8.78 Å². The summed E-state index contributed by atoms with van der Waals surface area (Å²) in [6, 6.07) is 3.33. The molecule has 21 heavy (non-hydrogen) atoms. The molecule has 0 aliphatic rings. The molecule has 1 atom stereocenters. The summed E-state index contributed by atoms with van der Waals surface area (Å²) in [4.78, 5) is 9.49. The van der Waals surface area contributed by atoms with Crippen molar-refractivity contribution in [1.29, 1.82) is 0 Å². The first-order valence-corrected chi connectivity index (χ1v) is 6.68. The van der Waals surface area contributed by atoms with Crippen LogP contribution in [0.4, 0.5) is 14.6 Å². The van der Waals surface area contributed by atoms with Crippen molar-refractivity contribution in [2.45, 2.75) is 6.04 Å². The second kappa shape index (κ2) is 6.78. The first-order valence-electron chi connectivity index (χ1n) is 6.30. The average molecular weight is 313 g/mol. The molecule has 2 aromatic rings. The summed E-state index contributed by atoms with van der Waals surface area (Å²) in [5.41, 5.74) is 0.0141. The van der Waals surface area contributed by atoms with E-state index in [0.717, 1.165) is 0 Å². The highest BCUT2D eigenvalue weighted by molar-refractivity contribution is 6.32. The fraction of sp³-hybridized carbons (Fsp3) is 0.286. The van der Waals surface area contributed by atoms with Crippen LogP contribution >= 0.6 is 11.6 Å². The van der Waals surface area contributed by atoms with E-state index in [1.807, 2.05) is 0 Å². The molecule has 1 unspecified atom stereocenters. The van der Waals surface area contributed by atoms with Gasteiger partial charge in [-0.15, -0.1) is 0 Å². The van der Waals surface area contributed by atoms with Gasteiger partial charge >= 0.3 is 0 Å². The molecule has 0 aliphatic carbocycles. The van der Waals surface area contributed by atoms with Gasteiger partial charge in [0, 0.05) is 12.1 Å². The van der Waals surface area contributed by atoms with Crippen molar-refractivity contribution in [3.8, 4) is 0 Å². The third kappa shape index (κ3) is 3.65. The molecule has 0 saturated heterocycles. The van der Waals surface area contributed by atoms with Crippen molar-refractivity contribution in [3.05, 3.63) is 52.9 Å². The molecule has 0 saturated carbocycles. The fourth-order valence-corrected chi connectivity index (χ4v) is 2.18. The Bertz CT molecular complexity index is 601. The first-order chi connectivity index (χ1) is 10.0. The van der Waals surface area contributed by atoms with Crippen molar-refractivity contribution in [3.63, 3.8) is 0 Å². The smallest absolute Gasteiger partial charge is 0.148 e. The molecule has 112 valence electrons. The number of benzene rings is 1. The van der Waals surface area contributed by atoms with Crippen LogP contribution < -0.4 is 5.32 Å². The molecule has 0 aliphatic heterocycles. The highest BCUT2D eigenvalue weighted by Crippen LogP contribution is 2.25. The van der Waals surface area contributed by atoms with E-state index < -0.39 is 17.7 Å². The van der Waals surface area contributed by atoms with Gasteiger partial charge in [0.05, 0.1) is 12.2 Å². The molecule has 1 aromatic carbocycles. The largest absolute Gasteiger partial charge is 0.367 e. The third-order valence-electron chi connectivity index (χ3n) is 3.09. The quantitative estimate of drug-likeness (QED) is 0.921. The standard InChI is InChI=1S/C14H15ClF2N4/c1-21(2)12(13-10(16)4-3-5-11(13)17)7-19-14-9(15)6-18-8-20-14/h3-6,8,12H,7H2,1-2H3,(H,18,19,20). The van der Waals surface area contributed by atoms with E-state index in [2.05, 4.69) is 15.3 Å². The van der Waals surface area contributed by atoms with Crippen LogP contribution in [0.5, 0.6) is 0 Å². The van der Waals surface area contributed by atoms with Gasteiger partial charge in [-0.2, -0.15) is 0 Å². The number of anilines is 1. The SMILES string of the molecule is CN(C)C(CNc1ncncc1Cl)c1c(F)cccc1F. The van der Waals surface area contributed by atoms with Gasteiger partial charge in [-0.1, -0.05) is 17.7 Å². The maximum atomic E-state index is 13.9. The lowest BCUT2D eigenvalue weighted by molar-refractivity contribution is 0.295. The summed E-state index contributed by atoms with van der Waals surface area (Å²) >= 11 is 5.95. The van der Waals surface area contributed by atoms with Gasteiger partial charge in [0.2, 0.25) is 0 Å². The number of hydrogen-bond donors (Lipinski definition) is 1. The van der Waals surface area contributed by atoms with E-state index in [0.29, 0.717) is 10.8 Å². The minimum absolute atomic E-state index is 0.0141. The van der Waals surface area contributed by atoms with E-state index in [-0.39, 0.29) is 12.1 Å². The Labute approximate surface area is 126 Å². The number of nitrogens with one attached hydrogen (secondary N) is 1. The second-order valence-electron chi connectivity index (χ2n) is 4.71. The molecule has 0 radical (unpaired) electrons. The van der Waals surface area contributed by atoms with Crippen LogP contribution in [-0.4, -0.2) is 35.5 Å². The Morgan fingerprint density at radius 3 is 2.52 bits per heavy atom. The molecule has 2 rings (SSSR count). The summed E-state index contributed by atoms with van der Waals surface area (Å²) in [7, 11) is 3.50. The number of nitrogens with zero attached hydrogens (tertiary/aromatic N) is 3. The Hall–Kier alpha value is -1.79. The zero-order chi connectivity index (χ0) is 15.4. The summed E-state index contributed by atoms with van der Waals surface area (Å²) in [6.45, 7) is 0.252. The predicted octanol–water partition coefficient (Wildman–Crippen LogP) is 3.12. The molecule has 7 heteroatoms. The van der Waals surface area contributed by atoms with Crippen LogP contribution in [0.1, 0.15) is 11.6 Å². The molecule has 0 spiro atoms. The van der Waals surface area contributed by atoms with Crippen molar-refractivity contribution in [2.24, 2.45) is 0 Å². The topological polar surface area (TPSA) is 41.0 Å². The average Bonchev–Trinajstić information content (AvgIpc) is 2.43. The molecule has 1 N–H and O–H groups in total. The molecule has 0 fully saturated rings. The van der Waals surface area contributed by atoms with Crippen molar-refractivity contribution < 1.29 is 8.78 Å². The van der Waals surface area contributed by atoms with E-state index >= 15 is 0 Å². The molecule has 0 amide bonds. The Morgan fingerprint density at radius 2 is 1.95 bits per heavy atom. The fourth-order valence-electron chi connectivity index (χ4n) is 2.01. The minimum Gasteiger partial charge on any atom is -0.367 e. The van der Waals surface area contributed by atoms with Crippen LogP contribution in [0.25, 0.3) is 0 Å². The van der Waals surface area contributed by atoms with E-state index in [4.69, 9.17) is 11.6 Å². The zero-order valence-corrected chi connectivity index (χ0v) is 12.4. The number of rotatable bonds is 5. The number of halogens is 3. The summed E-state index contributed by atoms with van der Waals surface area (Å²) < 4.78 is 27.8. The lowest BCUT2D eigenvalue weighted by atomic mass is 10.0. The van der Waals surface area contributed by atoms with Crippen LogP contribution in [0.15, 0.2) is 30.7 Å². The number of hydrogen-bond acceptors (Lipinski definition) is 4. The maximum absolute atomic E-state index is 13.9. The van der Waals surface area contributed by atoms with Gasteiger partial charge in [0.25, 0.3) is 0 Å². The molecule has 0 bridgehead atoms. The lowest BCUT2D eigenvalue weighted by Gasteiger charge is -2.26. The van der Waals surface area contributed by atoms with Gasteiger partial charge < -0.3 is 10.2 Å². The van der Waals surface area contributed by atoms with Crippen molar-refractivity contribution in [2.75, 3.05) is 26.0 Å². The number of aromatic nitrogens is 2. The van der Waals surface area contributed by atoms with Gasteiger partial charge in [0.15, 0.2) is 0 Å². The lowest BCUT2D eigenvalue weighted by Crippen LogP contribution is -2.29. The van der Waals surface area contributed by atoms with E-state index in [1.54, 1.807) is 19.0 Å². The molecule has 1 heterocycles. The normalized spacial score (nSPS) is 12.5. The zero-order valence-electron chi connectivity index (χ0n) is 11.6. The first kappa shape index (κ1) is 15.6. The van der Waals surface area contributed by atoms with Crippen LogP contribution in [0.3, 0.4) is 0 Å². The molecule has 4 nitrogen and oxygen atoms in total. The second-order valence-corrected chi connectivity index (χ2v) is 5.12. The molecule has 1 aromatic heterocycles. The van der Waals surface area contributed by atoms with Gasteiger partial charge in [-0.25, -0.2) is 18.7 Å². The summed E-state index contributed by atoms with van der Waals surface area (Å²) in [5.74, 6) is -0.733. The summed E-state index contributed by atoms with van der Waals surface area (Å²) in [6.07, 6.45) is 2.80. The highest BCUT2D eigenvalue weighted by Gasteiger charge is 2.22. The van der Waals surface area contributed by atoms with E-state index in [1.165, 1.54) is 30.7 Å². The maximum Gasteiger partial charge on any atom is 0.148 e.